The number of methoxy groups -OCH3 is 1. The largest absolute Gasteiger partial charge is 0.497 e. The van der Waals surface area contributed by atoms with Crippen LogP contribution in [0.5, 0.6) is 5.75 Å². The topological polar surface area (TPSA) is 64.9 Å². The molecule has 5 rings (SSSR count). The second kappa shape index (κ2) is 7.05. The van der Waals surface area contributed by atoms with Crippen LogP contribution < -0.4 is 10.1 Å². The van der Waals surface area contributed by atoms with E-state index in [1.807, 2.05) is 35.1 Å². The Bertz CT molecular complexity index is 1110. The molecule has 0 bridgehead atoms. The van der Waals surface area contributed by atoms with Gasteiger partial charge in [-0.15, -0.1) is 5.10 Å². The number of benzene rings is 2. The molecule has 0 spiro atoms. The first kappa shape index (κ1) is 16.9. The van der Waals surface area contributed by atoms with Crippen molar-refractivity contribution in [3.63, 3.8) is 0 Å². The van der Waals surface area contributed by atoms with E-state index in [0.29, 0.717) is 18.5 Å². The summed E-state index contributed by atoms with van der Waals surface area (Å²) in [6, 6.07) is 19.0. The van der Waals surface area contributed by atoms with Crippen molar-refractivity contribution in [3.8, 4) is 11.4 Å². The van der Waals surface area contributed by atoms with E-state index in [-0.39, 0.29) is 0 Å². The second-order valence-electron chi connectivity index (χ2n) is 7.11. The number of hydrogen-bond donors (Lipinski definition) is 1. The van der Waals surface area contributed by atoms with Gasteiger partial charge >= 0.3 is 0 Å². The SMILES string of the molecule is COc1ccc2c(-n3cc(CN[C@@H]4C[C@H]4c4ccccc4)nn3)ccnc2c1. The highest BCUT2D eigenvalue weighted by Gasteiger charge is 2.37. The number of nitrogens with one attached hydrogen (secondary N) is 1. The Morgan fingerprint density at radius 1 is 1.14 bits per heavy atom. The zero-order valence-electron chi connectivity index (χ0n) is 15.6. The molecule has 1 saturated carbocycles. The quantitative estimate of drug-likeness (QED) is 0.562. The van der Waals surface area contributed by atoms with Crippen LogP contribution in [-0.4, -0.2) is 33.1 Å². The second-order valence-corrected chi connectivity index (χ2v) is 7.11. The molecule has 4 aromatic rings. The van der Waals surface area contributed by atoms with E-state index in [1.165, 1.54) is 12.0 Å². The van der Waals surface area contributed by atoms with Crippen LogP contribution >= 0.6 is 0 Å². The molecule has 1 fully saturated rings. The first-order chi connectivity index (χ1) is 13.8. The summed E-state index contributed by atoms with van der Waals surface area (Å²) in [5.74, 6) is 1.40. The third-order valence-electron chi connectivity index (χ3n) is 5.28. The van der Waals surface area contributed by atoms with Crippen LogP contribution in [-0.2, 0) is 6.54 Å². The van der Waals surface area contributed by atoms with Crippen molar-refractivity contribution in [2.24, 2.45) is 0 Å². The molecule has 2 atom stereocenters. The average Bonchev–Trinajstić information content (AvgIpc) is 3.39. The highest BCUT2D eigenvalue weighted by Crippen LogP contribution is 2.40. The van der Waals surface area contributed by atoms with Crippen LogP contribution in [0, 0.1) is 0 Å². The number of rotatable bonds is 6. The Hall–Kier alpha value is -3.25. The molecule has 1 aliphatic rings. The first-order valence-electron chi connectivity index (χ1n) is 9.44. The van der Waals surface area contributed by atoms with E-state index in [2.05, 4.69) is 50.9 Å². The molecule has 0 unspecified atom stereocenters. The van der Waals surface area contributed by atoms with Gasteiger partial charge in [-0.1, -0.05) is 35.5 Å². The Labute approximate surface area is 163 Å². The summed E-state index contributed by atoms with van der Waals surface area (Å²) in [6.45, 7) is 0.713. The number of hydrogen-bond acceptors (Lipinski definition) is 5. The maximum atomic E-state index is 5.29. The monoisotopic (exact) mass is 371 g/mol. The Kier molecular flexibility index (Phi) is 4.25. The molecule has 1 N–H and O–H groups in total. The molecule has 2 aromatic heterocycles. The van der Waals surface area contributed by atoms with Crippen molar-refractivity contribution >= 4 is 10.9 Å². The number of pyridine rings is 1. The molecule has 0 amide bonds. The molecule has 6 heteroatoms. The summed E-state index contributed by atoms with van der Waals surface area (Å²) in [4.78, 5) is 4.43. The molecule has 2 aromatic carbocycles. The lowest BCUT2D eigenvalue weighted by atomic mass is 10.1. The summed E-state index contributed by atoms with van der Waals surface area (Å²) in [5, 5.41) is 13.3. The van der Waals surface area contributed by atoms with Gasteiger partial charge in [-0.2, -0.15) is 0 Å². The van der Waals surface area contributed by atoms with Crippen molar-refractivity contribution < 1.29 is 4.74 Å². The molecule has 2 heterocycles. The van der Waals surface area contributed by atoms with Crippen molar-refractivity contribution in [1.29, 1.82) is 0 Å². The van der Waals surface area contributed by atoms with Crippen LogP contribution in [0.15, 0.2) is 67.0 Å². The molecule has 0 aliphatic heterocycles. The van der Waals surface area contributed by atoms with Gasteiger partial charge < -0.3 is 10.1 Å². The van der Waals surface area contributed by atoms with Crippen molar-refractivity contribution in [2.45, 2.75) is 24.9 Å². The zero-order valence-corrected chi connectivity index (χ0v) is 15.6. The maximum absolute atomic E-state index is 5.29. The van der Waals surface area contributed by atoms with Gasteiger partial charge in [-0.3, -0.25) is 4.98 Å². The third kappa shape index (κ3) is 3.23. The minimum atomic E-state index is 0.516. The van der Waals surface area contributed by atoms with Gasteiger partial charge in [0.15, 0.2) is 0 Å². The Balaban J connectivity index is 1.30. The number of fused-ring (bicyclic) bond motifs is 1. The van der Waals surface area contributed by atoms with Crippen LogP contribution in [0.3, 0.4) is 0 Å². The zero-order chi connectivity index (χ0) is 18.9. The van der Waals surface area contributed by atoms with Crippen LogP contribution in [0.1, 0.15) is 23.6 Å². The number of nitrogens with zero attached hydrogens (tertiary/aromatic N) is 4. The third-order valence-corrected chi connectivity index (χ3v) is 5.28. The predicted octanol–water partition coefficient (Wildman–Crippen LogP) is 3.47. The standard InChI is InChI=1S/C22H21N5O/c1-28-17-7-8-18-20(11-17)23-10-9-22(18)27-14-16(25-26-27)13-24-21-12-19(21)15-5-3-2-4-6-15/h2-11,14,19,21,24H,12-13H2,1H3/t19-,21+/m0/s1. The predicted molar refractivity (Wildman–Crippen MR) is 108 cm³/mol. The van der Waals surface area contributed by atoms with Crippen LogP contribution in [0.25, 0.3) is 16.6 Å². The molecule has 140 valence electrons. The molecule has 0 radical (unpaired) electrons. The fourth-order valence-corrected chi connectivity index (χ4v) is 3.66. The molecular formula is C22H21N5O. The lowest BCUT2D eigenvalue weighted by molar-refractivity contribution is 0.415. The van der Waals surface area contributed by atoms with Crippen molar-refractivity contribution in [3.05, 3.63) is 78.2 Å². The van der Waals surface area contributed by atoms with Crippen molar-refractivity contribution in [1.82, 2.24) is 25.3 Å². The van der Waals surface area contributed by atoms with E-state index < -0.39 is 0 Å². The number of aromatic nitrogens is 4. The summed E-state index contributed by atoms with van der Waals surface area (Å²) in [6.07, 6.45) is 4.94. The lowest BCUT2D eigenvalue weighted by Gasteiger charge is -2.06. The molecular weight excluding hydrogens is 350 g/mol. The average molecular weight is 371 g/mol. The fourth-order valence-electron chi connectivity index (χ4n) is 3.66. The smallest absolute Gasteiger partial charge is 0.121 e. The highest BCUT2D eigenvalue weighted by atomic mass is 16.5. The van der Waals surface area contributed by atoms with E-state index in [9.17, 15) is 0 Å². The van der Waals surface area contributed by atoms with E-state index >= 15 is 0 Å². The summed E-state index contributed by atoms with van der Waals surface area (Å²) in [7, 11) is 1.66. The van der Waals surface area contributed by atoms with Gasteiger partial charge in [0.25, 0.3) is 0 Å². The number of ether oxygens (including phenoxy) is 1. The Morgan fingerprint density at radius 3 is 2.89 bits per heavy atom. The molecule has 0 saturated heterocycles. The summed E-state index contributed by atoms with van der Waals surface area (Å²) in [5.41, 5.74) is 4.16. The molecule has 1 aliphatic carbocycles. The summed E-state index contributed by atoms with van der Waals surface area (Å²) >= 11 is 0. The minimum Gasteiger partial charge on any atom is -0.497 e. The van der Waals surface area contributed by atoms with Gasteiger partial charge in [0.05, 0.1) is 30.2 Å². The fraction of sp³-hybridized carbons (Fsp3) is 0.227. The van der Waals surface area contributed by atoms with Gasteiger partial charge in [-0.25, -0.2) is 4.68 Å². The van der Waals surface area contributed by atoms with Gasteiger partial charge in [-0.05, 0) is 30.2 Å². The first-order valence-corrected chi connectivity index (χ1v) is 9.44. The van der Waals surface area contributed by atoms with E-state index in [0.717, 1.165) is 28.0 Å². The van der Waals surface area contributed by atoms with E-state index in [1.54, 1.807) is 13.3 Å². The maximum Gasteiger partial charge on any atom is 0.121 e. The van der Waals surface area contributed by atoms with Gasteiger partial charge in [0.1, 0.15) is 5.75 Å². The lowest BCUT2D eigenvalue weighted by Crippen LogP contribution is -2.17. The van der Waals surface area contributed by atoms with Gasteiger partial charge in [0, 0.05) is 36.2 Å². The normalized spacial score (nSPS) is 18.3. The Morgan fingerprint density at radius 2 is 2.04 bits per heavy atom. The van der Waals surface area contributed by atoms with Crippen molar-refractivity contribution in [2.75, 3.05) is 7.11 Å². The van der Waals surface area contributed by atoms with Crippen LogP contribution in [0.4, 0.5) is 0 Å². The molecule has 6 nitrogen and oxygen atoms in total. The summed E-state index contributed by atoms with van der Waals surface area (Å²) < 4.78 is 7.10. The van der Waals surface area contributed by atoms with E-state index in [4.69, 9.17) is 4.74 Å². The van der Waals surface area contributed by atoms with Gasteiger partial charge in [0.2, 0.25) is 0 Å². The molecule has 28 heavy (non-hydrogen) atoms. The van der Waals surface area contributed by atoms with Crippen LogP contribution in [0.2, 0.25) is 0 Å². The minimum absolute atomic E-state index is 0.516. The highest BCUT2D eigenvalue weighted by molar-refractivity contribution is 5.87.